The van der Waals surface area contributed by atoms with Gasteiger partial charge in [-0.1, -0.05) is 6.08 Å². The molecule has 0 aliphatic heterocycles. The zero-order valence-electron chi connectivity index (χ0n) is 9.29. The van der Waals surface area contributed by atoms with E-state index in [2.05, 4.69) is 0 Å². The van der Waals surface area contributed by atoms with Crippen molar-refractivity contribution in [2.45, 2.75) is 6.42 Å². The van der Waals surface area contributed by atoms with Crippen LogP contribution in [0.4, 0.5) is 0 Å². The van der Waals surface area contributed by atoms with Crippen molar-refractivity contribution in [1.29, 1.82) is 0 Å². The van der Waals surface area contributed by atoms with Crippen LogP contribution < -0.4 is 5.63 Å². The summed E-state index contributed by atoms with van der Waals surface area (Å²) in [7, 11) is 0. The van der Waals surface area contributed by atoms with E-state index in [4.69, 9.17) is 9.52 Å². The second-order valence-corrected chi connectivity index (χ2v) is 3.72. The largest absolute Gasteiger partial charge is 0.508 e. The van der Waals surface area contributed by atoms with E-state index in [9.17, 15) is 14.7 Å². The zero-order valence-corrected chi connectivity index (χ0v) is 9.29. The molecular formula is C13H10O5. The molecule has 0 fully saturated rings. The van der Waals surface area contributed by atoms with E-state index in [1.54, 1.807) is 6.07 Å². The highest BCUT2D eigenvalue weighted by Gasteiger charge is 2.05. The number of carboxylic acid groups (broad SMARTS) is 1. The topological polar surface area (TPSA) is 87.7 Å². The highest BCUT2D eigenvalue weighted by molar-refractivity contribution is 5.82. The molecule has 0 atom stereocenters. The first-order chi connectivity index (χ1) is 8.56. The molecule has 0 bridgehead atoms. The van der Waals surface area contributed by atoms with Crippen LogP contribution in [0.25, 0.3) is 11.0 Å². The maximum atomic E-state index is 11.3. The molecule has 0 aliphatic rings. The monoisotopic (exact) mass is 246 g/mol. The number of rotatable bonds is 3. The number of fused-ring (bicyclic) bond motifs is 1. The second kappa shape index (κ2) is 4.75. The number of phenolic OH excluding ortho intramolecular Hbond substituents is 1. The fourth-order valence-electron chi connectivity index (χ4n) is 1.67. The van der Waals surface area contributed by atoms with Gasteiger partial charge in [0.15, 0.2) is 0 Å². The first-order valence-corrected chi connectivity index (χ1v) is 5.21. The van der Waals surface area contributed by atoms with Crippen LogP contribution in [-0.2, 0) is 11.2 Å². The number of carboxylic acids is 1. The number of aliphatic carboxylic acids is 1. The number of allylic oxidation sites excluding steroid dienone is 1. The number of aromatic hydroxyl groups is 1. The van der Waals surface area contributed by atoms with Crippen molar-refractivity contribution >= 4 is 16.9 Å². The minimum absolute atomic E-state index is 0.00359. The summed E-state index contributed by atoms with van der Waals surface area (Å²) in [6.07, 6.45) is 2.77. The molecule has 0 spiro atoms. The molecular weight excluding hydrogens is 236 g/mol. The molecule has 92 valence electrons. The molecule has 1 heterocycles. The minimum Gasteiger partial charge on any atom is -0.508 e. The van der Waals surface area contributed by atoms with Crippen LogP contribution in [0, 0.1) is 0 Å². The minimum atomic E-state index is -1.04. The summed E-state index contributed by atoms with van der Waals surface area (Å²) >= 11 is 0. The molecule has 18 heavy (non-hydrogen) atoms. The molecule has 2 aromatic rings. The fraction of sp³-hybridized carbons (Fsp3) is 0.0769. The third kappa shape index (κ3) is 2.57. The number of benzene rings is 1. The first kappa shape index (κ1) is 11.9. The van der Waals surface area contributed by atoms with Crippen molar-refractivity contribution in [2.24, 2.45) is 0 Å². The molecule has 2 N–H and O–H groups in total. The Kier molecular flexibility index (Phi) is 3.14. The van der Waals surface area contributed by atoms with Crippen LogP contribution in [0.5, 0.6) is 5.75 Å². The summed E-state index contributed by atoms with van der Waals surface area (Å²) in [6, 6.07) is 5.76. The lowest BCUT2D eigenvalue weighted by Crippen LogP contribution is -2.00. The van der Waals surface area contributed by atoms with Crippen LogP contribution in [0.3, 0.4) is 0 Å². The van der Waals surface area contributed by atoms with Gasteiger partial charge in [-0.3, -0.25) is 0 Å². The van der Waals surface area contributed by atoms with Crippen molar-refractivity contribution in [3.05, 3.63) is 52.4 Å². The molecule has 1 aromatic heterocycles. The van der Waals surface area contributed by atoms with Crippen molar-refractivity contribution in [1.82, 2.24) is 0 Å². The average molecular weight is 246 g/mol. The lowest BCUT2D eigenvalue weighted by atomic mass is 10.1. The summed E-state index contributed by atoms with van der Waals surface area (Å²) in [4.78, 5) is 21.7. The third-order valence-electron chi connectivity index (χ3n) is 2.41. The van der Waals surface area contributed by atoms with Crippen molar-refractivity contribution < 1.29 is 19.4 Å². The molecule has 2 rings (SSSR count). The van der Waals surface area contributed by atoms with E-state index in [0.717, 1.165) is 6.08 Å². The Morgan fingerprint density at radius 1 is 1.33 bits per heavy atom. The van der Waals surface area contributed by atoms with Crippen LogP contribution in [-0.4, -0.2) is 16.2 Å². The smallest absolute Gasteiger partial charge is 0.336 e. The normalized spacial score (nSPS) is 11.1. The molecule has 0 radical (unpaired) electrons. The Labute approximate surface area is 102 Å². The highest BCUT2D eigenvalue weighted by atomic mass is 16.4. The Morgan fingerprint density at radius 3 is 2.83 bits per heavy atom. The summed E-state index contributed by atoms with van der Waals surface area (Å²) in [5.74, 6) is -1.04. The Balaban J connectivity index is 2.49. The summed E-state index contributed by atoms with van der Waals surface area (Å²) in [5.41, 5.74) is 0.395. The number of phenols is 1. The predicted octanol–water partition coefficient (Wildman–Crippen LogP) is 1.68. The maximum Gasteiger partial charge on any atom is 0.336 e. The van der Waals surface area contributed by atoms with E-state index >= 15 is 0 Å². The molecule has 0 amide bonds. The number of hydrogen-bond donors (Lipinski definition) is 2. The molecule has 0 aliphatic carbocycles. The van der Waals surface area contributed by atoms with E-state index in [0.29, 0.717) is 17.4 Å². The van der Waals surface area contributed by atoms with Gasteiger partial charge in [-0.05, 0) is 24.1 Å². The van der Waals surface area contributed by atoms with Gasteiger partial charge in [0.1, 0.15) is 11.3 Å². The van der Waals surface area contributed by atoms with E-state index < -0.39 is 11.6 Å². The predicted molar refractivity (Wildman–Crippen MR) is 64.6 cm³/mol. The lowest BCUT2D eigenvalue weighted by molar-refractivity contribution is -0.131. The zero-order chi connectivity index (χ0) is 13.1. The lowest BCUT2D eigenvalue weighted by Gasteiger charge is -2.02. The van der Waals surface area contributed by atoms with Gasteiger partial charge in [-0.15, -0.1) is 0 Å². The second-order valence-electron chi connectivity index (χ2n) is 3.72. The Morgan fingerprint density at radius 2 is 2.11 bits per heavy atom. The van der Waals surface area contributed by atoms with Gasteiger partial charge in [0.2, 0.25) is 0 Å². The standard InChI is InChI=1S/C13H10O5/c14-9-4-5-10-8(2-1-3-12(15)16)6-13(17)18-11(10)7-9/h1,3-7,14H,2H2,(H,15,16)/b3-1+. The molecule has 0 unspecified atom stereocenters. The SMILES string of the molecule is O=C(O)/C=C/Cc1cc(=O)oc2cc(O)ccc12. The van der Waals surface area contributed by atoms with Crippen LogP contribution in [0.1, 0.15) is 5.56 Å². The van der Waals surface area contributed by atoms with Gasteiger partial charge in [-0.25, -0.2) is 9.59 Å². The molecule has 5 nitrogen and oxygen atoms in total. The molecule has 1 aromatic carbocycles. The van der Waals surface area contributed by atoms with Crippen molar-refractivity contribution in [2.75, 3.05) is 0 Å². The van der Waals surface area contributed by atoms with Crippen molar-refractivity contribution in [3.8, 4) is 5.75 Å². The fourth-order valence-corrected chi connectivity index (χ4v) is 1.67. The molecule has 5 heteroatoms. The van der Waals surface area contributed by atoms with Gasteiger partial charge in [0.05, 0.1) is 0 Å². The first-order valence-electron chi connectivity index (χ1n) is 5.21. The van der Waals surface area contributed by atoms with Crippen LogP contribution in [0.15, 0.2) is 45.6 Å². The van der Waals surface area contributed by atoms with Gasteiger partial charge in [0.25, 0.3) is 0 Å². The van der Waals surface area contributed by atoms with Gasteiger partial charge < -0.3 is 14.6 Å². The third-order valence-corrected chi connectivity index (χ3v) is 2.41. The van der Waals surface area contributed by atoms with E-state index in [1.165, 1.54) is 24.3 Å². The Bertz CT molecular complexity index is 681. The molecule has 0 saturated carbocycles. The van der Waals surface area contributed by atoms with E-state index in [1.807, 2.05) is 0 Å². The molecule has 0 saturated heterocycles. The van der Waals surface area contributed by atoms with Crippen LogP contribution >= 0.6 is 0 Å². The van der Waals surface area contributed by atoms with Crippen molar-refractivity contribution in [3.63, 3.8) is 0 Å². The summed E-state index contributed by atoms with van der Waals surface area (Å²) in [6.45, 7) is 0. The average Bonchev–Trinajstić information content (AvgIpc) is 2.27. The number of hydrogen-bond acceptors (Lipinski definition) is 4. The van der Waals surface area contributed by atoms with Gasteiger partial charge >= 0.3 is 11.6 Å². The summed E-state index contributed by atoms with van der Waals surface area (Å²) in [5, 5.41) is 18.5. The number of carbonyl (C=O) groups is 1. The van der Waals surface area contributed by atoms with E-state index in [-0.39, 0.29) is 11.3 Å². The summed E-state index contributed by atoms with van der Waals surface area (Å²) < 4.78 is 4.95. The quantitative estimate of drug-likeness (QED) is 0.635. The van der Waals surface area contributed by atoms with Gasteiger partial charge in [-0.2, -0.15) is 0 Å². The maximum absolute atomic E-state index is 11.3. The highest BCUT2D eigenvalue weighted by Crippen LogP contribution is 2.22. The van der Waals surface area contributed by atoms with Crippen LogP contribution in [0.2, 0.25) is 0 Å². The van der Waals surface area contributed by atoms with Gasteiger partial charge in [0, 0.05) is 23.6 Å². The Hall–Kier alpha value is -2.56.